The molecule has 110 valence electrons. The summed E-state index contributed by atoms with van der Waals surface area (Å²) < 4.78 is 12.4. The summed E-state index contributed by atoms with van der Waals surface area (Å²) in [5.74, 6) is 0. The van der Waals surface area contributed by atoms with Crippen LogP contribution >= 0.6 is 0 Å². The Labute approximate surface area is 113 Å². The average Bonchev–Trinajstić information content (AvgIpc) is 2.87. The Balaban J connectivity index is 1.89. The zero-order valence-corrected chi connectivity index (χ0v) is 11.7. The van der Waals surface area contributed by atoms with Gasteiger partial charge in [-0.25, -0.2) is 0 Å². The monoisotopic (exact) mass is 272 g/mol. The summed E-state index contributed by atoms with van der Waals surface area (Å²) in [5.41, 5.74) is 0. The molecule has 7 nitrogen and oxygen atoms in total. The van der Waals surface area contributed by atoms with Crippen molar-refractivity contribution in [2.75, 3.05) is 32.9 Å². The van der Waals surface area contributed by atoms with Crippen LogP contribution in [-0.4, -0.2) is 65.2 Å². The van der Waals surface area contributed by atoms with Gasteiger partial charge in [0.15, 0.2) is 0 Å². The van der Waals surface area contributed by atoms with Crippen molar-refractivity contribution in [3.05, 3.63) is 12.4 Å². The van der Waals surface area contributed by atoms with Crippen molar-refractivity contribution >= 4 is 0 Å². The molecule has 1 heterocycles. The van der Waals surface area contributed by atoms with Crippen molar-refractivity contribution in [1.29, 1.82) is 0 Å². The molecule has 1 atom stereocenters. The standard InChI is InChI=1S/C12H24N4O3/c1-11(2)19-8-7-18-10-12(17)9-13-3-5-16-6-4-14-15-16/h4,6,11-13,17H,3,5,7-10H2,1-2H3. The van der Waals surface area contributed by atoms with Crippen LogP contribution in [0.3, 0.4) is 0 Å². The van der Waals surface area contributed by atoms with Crippen LogP contribution in [0, 0.1) is 0 Å². The summed E-state index contributed by atoms with van der Waals surface area (Å²) in [6.45, 7) is 7.31. The molecule has 0 aromatic carbocycles. The largest absolute Gasteiger partial charge is 0.389 e. The maximum atomic E-state index is 9.65. The predicted molar refractivity (Wildman–Crippen MR) is 70.8 cm³/mol. The highest BCUT2D eigenvalue weighted by Gasteiger charge is 2.03. The Kier molecular flexibility index (Phi) is 8.31. The van der Waals surface area contributed by atoms with Gasteiger partial charge in [-0.2, -0.15) is 0 Å². The lowest BCUT2D eigenvalue weighted by Crippen LogP contribution is -2.32. The molecule has 0 amide bonds. The van der Waals surface area contributed by atoms with E-state index in [4.69, 9.17) is 9.47 Å². The van der Waals surface area contributed by atoms with E-state index < -0.39 is 6.10 Å². The molecule has 0 fully saturated rings. The van der Waals surface area contributed by atoms with Gasteiger partial charge in [0.25, 0.3) is 0 Å². The number of nitrogens with zero attached hydrogens (tertiary/aromatic N) is 3. The Morgan fingerprint density at radius 1 is 1.37 bits per heavy atom. The predicted octanol–water partition coefficient (Wildman–Crippen LogP) is -0.330. The lowest BCUT2D eigenvalue weighted by Gasteiger charge is -2.13. The number of aliphatic hydroxyl groups excluding tert-OH is 1. The van der Waals surface area contributed by atoms with Crippen molar-refractivity contribution in [1.82, 2.24) is 20.3 Å². The van der Waals surface area contributed by atoms with E-state index in [-0.39, 0.29) is 6.10 Å². The van der Waals surface area contributed by atoms with Crippen LogP contribution in [0.15, 0.2) is 12.4 Å². The Bertz CT molecular complexity index is 306. The summed E-state index contributed by atoms with van der Waals surface area (Å²) in [7, 11) is 0. The molecule has 0 aliphatic carbocycles. The molecule has 7 heteroatoms. The van der Waals surface area contributed by atoms with Crippen molar-refractivity contribution in [2.45, 2.75) is 32.6 Å². The fourth-order valence-electron chi connectivity index (χ4n) is 1.44. The molecule has 0 bridgehead atoms. The van der Waals surface area contributed by atoms with Crippen LogP contribution < -0.4 is 5.32 Å². The van der Waals surface area contributed by atoms with Gasteiger partial charge in [0.1, 0.15) is 0 Å². The first-order valence-corrected chi connectivity index (χ1v) is 6.60. The van der Waals surface area contributed by atoms with Crippen molar-refractivity contribution in [2.24, 2.45) is 0 Å². The third kappa shape index (κ3) is 8.66. The van der Waals surface area contributed by atoms with Gasteiger partial charge >= 0.3 is 0 Å². The van der Waals surface area contributed by atoms with E-state index in [0.29, 0.717) is 26.4 Å². The molecule has 1 unspecified atom stereocenters. The SMILES string of the molecule is CC(C)OCCOCC(O)CNCCn1ccnn1. The highest BCUT2D eigenvalue weighted by atomic mass is 16.5. The van der Waals surface area contributed by atoms with Gasteiger partial charge in [-0.3, -0.25) is 4.68 Å². The average molecular weight is 272 g/mol. The molecule has 1 aromatic rings. The van der Waals surface area contributed by atoms with Gasteiger partial charge in [-0.05, 0) is 13.8 Å². The molecular formula is C12H24N4O3. The third-order valence-electron chi connectivity index (χ3n) is 2.36. The molecule has 0 aliphatic rings. The van der Waals surface area contributed by atoms with Crippen LogP contribution in [0.5, 0.6) is 0 Å². The molecule has 0 saturated heterocycles. The van der Waals surface area contributed by atoms with Crippen LogP contribution in [0.1, 0.15) is 13.8 Å². The maximum absolute atomic E-state index is 9.65. The highest BCUT2D eigenvalue weighted by molar-refractivity contribution is 4.65. The number of hydrogen-bond donors (Lipinski definition) is 2. The summed E-state index contributed by atoms with van der Waals surface area (Å²) in [6, 6.07) is 0. The summed E-state index contributed by atoms with van der Waals surface area (Å²) in [6.07, 6.45) is 3.15. The zero-order valence-electron chi connectivity index (χ0n) is 11.7. The van der Waals surface area contributed by atoms with Crippen LogP contribution in [-0.2, 0) is 16.0 Å². The topological polar surface area (TPSA) is 81.4 Å². The number of rotatable bonds is 11. The first kappa shape index (κ1) is 16.0. The van der Waals surface area contributed by atoms with Gasteiger partial charge in [0.2, 0.25) is 0 Å². The second-order valence-electron chi connectivity index (χ2n) is 4.52. The lowest BCUT2D eigenvalue weighted by atomic mass is 10.4. The molecular weight excluding hydrogens is 248 g/mol. The van der Waals surface area contributed by atoms with Gasteiger partial charge in [0.05, 0.1) is 44.8 Å². The lowest BCUT2D eigenvalue weighted by molar-refractivity contribution is -0.00995. The van der Waals surface area contributed by atoms with E-state index in [1.54, 1.807) is 17.1 Å². The second-order valence-corrected chi connectivity index (χ2v) is 4.52. The van der Waals surface area contributed by atoms with E-state index in [1.807, 2.05) is 13.8 Å². The second kappa shape index (κ2) is 9.85. The van der Waals surface area contributed by atoms with Gasteiger partial charge in [-0.1, -0.05) is 5.21 Å². The minimum Gasteiger partial charge on any atom is -0.389 e. The smallest absolute Gasteiger partial charge is 0.0897 e. The molecule has 19 heavy (non-hydrogen) atoms. The Morgan fingerprint density at radius 2 is 2.21 bits per heavy atom. The van der Waals surface area contributed by atoms with Crippen LogP contribution in [0.25, 0.3) is 0 Å². The first-order chi connectivity index (χ1) is 9.18. The minimum absolute atomic E-state index is 0.215. The van der Waals surface area contributed by atoms with E-state index >= 15 is 0 Å². The van der Waals surface area contributed by atoms with Gasteiger partial charge in [-0.15, -0.1) is 5.10 Å². The first-order valence-electron chi connectivity index (χ1n) is 6.60. The summed E-state index contributed by atoms with van der Waals surface area (Å²) in [5, 5.41) is 20.3. The molecule has 0 saturated carbocycles. The normalized spacial score (nSPS) is 13.1. The molecule has 0 radical (unpaired) electrons. The van der Waals surface area contributed by atoms with Crippen molar-refractivity contribution in [3.63, 3.8) is 0 Å². The van der Waals surface area contributed by atoms with Crippen LogP contribution in [0.2, 0.25) is 0 Å². The summed E-state index contributed by atoms with van der Waals surface area (Å²) >= 11 is 0. The number of aromatic nitrogens is 3. The number of aliphatic hydroxyl groups is 1. The highest BCUT2D eigenvalue weighted by Crippen LogP contribution is 1.89. The Hall–Kier alpha value is -1.02. The van der Waals surface area contributed by atoms with Crippen molar-refractivity contribution in [3.8, 4) is 0 Å². The molecule has 0 spiro atoms. The molecule has 1 aromatic heterocycles. The van der Waals surface area contributed by atoms with E-state index in [9.17, 15) is 5.11 Å². The van der Waals surface area contributed by atoms with E-state index in [0.717, 1.165) is 13.1 Å². The van der Waals surface area contributed by atoms with E-state index in [1.165, 1.54) is 0 Å². The number of hydrogen-bond acceptors (Lipinski definition) is 6. The van der Waals surface area contributed by atoms with Crippen molar-refractivity contribution < 1.29 is 14.6 Å². The Morgan fingerprint density at radius 3 is 2.89 bits per heavy atom. The molecule has 0 aliphatic heterocycles. The third-order valence-corrected chi connectivity index (χ3v) is 2.36. The van der Waals surface area contributed by atoms with Crippen LogP contribution in [0.4, 0.5) is 0 Å². The molecule has 2 N–H and O–H groups in total. The van der Waals surface area contributed by atoms with Gasteiger partial charge < -0.3 is 19.9 Å². The van der Waals surface area contributed by atoms with Gasteiger partial charge in [0, 0.05) is 19.3 Å². The minimum atomic E-state index is -0.505. The maximum Gasteiger partial charge on any atom is 0.0897 e. The quantitative estimate of drug-likeness (QED) is 0.537. The molecule has 1 rings (SSSR count). The zero-order chi connectivity index (χ0) is 13.9. The van der Waals surface area contributed by atoms with E-state index in [2.05, 4.69) is 15.6 Å². The number of ether oxygens (including phenoxy) is 2. The fourth-order valence-corrected chi connectivity index (χ4v) is 1.44. The fraction of sp³-hybridized carbons (Fsp3) is 0.833. The summed E-state index contributed by atoms with van der Waals surface area (Å²) in [4.78, 5) is 0. The number of nitrogens with one attached hydrogen (secondary N) is 1.